The van der Waals surface area contributed by atoms with E-state index in [-0.39, 0.29) is 19.1 Å². The van der Waals surface area contributed by atoms with Crippen LogP contribution in [0, 0.1) is 0 Å². The van der Waals surface area contributed by atoms with Gasteiger partial charge in [0.1, 0.15) is 13.2 Å². The number of nitrogens with one attached hydrogen (secondary N) is 1. The molecule has 0 radical (unpaired) electrons. The highest BCUT2D eigenvalue weighted by atomic mass is 31.2. The Kier molecular flexibility index (Phi) is 41.6. The number of hydrogen-bond acceptors (Lipinski definition) is 5. The van der Waals surface area contributed by atoms with Crippen molar-refractivity contribution in [1.82, 2.24) is 5.32 Å². The number of amides is 1. The molecule has 0 aliphatic rings. The fourth-order valence-electron chi connectivity index (χ4n) is 7.01. The molecule has 0 heterocycles. The molecule has 0 aliphatic carbocycles. The molecule has 9 heteroatoms. The maximum atomic E-state index is 12.9. The van der Waals surface area contributed by atoms with Crippen LogP contribution in [0.2, 0.25) is 0 Å². The van der Waals surface area contributed by atoms with Crippen LogP contribution in [0.25, 0.3) is 0 Å². The third-order valence-corrected chi connectivity index (χ3v) is 12.0. The maximum absolute atomic E-state index is 12.9. The minimum absolute atomic E-state index is 0.0521. The number of phosphoric acid groups is 1. The molecule has 3 atom stereocenters. The molecule has 352 valence electrons. The van der Waals surface area contributed by atoms with Gasteiger partial charge < -0.3 is 19.8 Å². The minimum atomic E-state index is -4.35. The monoisotopic (exact) mass is 866 g/mol. The standard InChI is InChI=1S/C51H97N2O6P/c1-6-8-10-12-14-16-18-20-22-23-24-25-26-27-28-29-30-31-33-35-37-39-41-43-45-51(55)52-49(48-59-60(56,57)58-47-46-53(3,4)5)50(54)44-42-40-38-36-34-32-21-19-17-15-13-11-9-7-2/h17,19,27-28,34,36,42,44,49-50,54H,6-16,18,20-26,29-33,35,37-41,43,45-48H2,1-5H3,(H-,52,55,56,57)/p+1/b19-17+,28-27-,36-34+,44-42+. The zero-order chi connectivity index (χ0) is 44.3. The molecule has 0 aromatic rings. The Bertz CT molecular complexity index is 1120. The topological polar surface area (TPSA) is 105 Å². The van der Waals surface area contributed by atoms with Crippen molar-refractivity contribution in [3.05, 3.63) is 48.6 Å². The lowest BCUT2D eigenvalue weighted by Crippen LogP contribution is -2.45. The van der Waals surface area contributed by atoms with E-state index in [1.54, 1.807) is 6.08 Å². The van der Waals surface area contributed by atoms with Gasteiger partial charge in [-0.1, -0.05) is 191 Å². The molecule has 0 fully saturated rings. The molecule has 0 spiro atoms. The molecule has 0 saturated heterocycles. The Morgan fingerprint density at radius 1 is 0.550 bits per heavy atom. The second-order valence-electron chi connectivity index (χ2n) is 18.2. The molecule has 8 nitrogen and oxygen atoms in total. The third kappa shape index (κ3) is 44.5. The molecule has 0 rings (SSSR count). The summed E-state index contributed by atoms with van der Waals surface area (Å²) in [4.78, 5) is 23.2. The summed E-state index contributed by atoms with van der Waals surface area (Å²) < 4.78 is 23.6. The Balaban J connectivity index is 4.30. The first-order valence-electron chi connectivity index (χ1n) is 25.0. The molecule has 3 unspecified atom stereocenters. The van der Waals surface area contributed by atoms with Crippen LogP contribution in [-0.4, -0.2) is 73.4 Å². The number of rotatable bonds is 45. The van der Waals surface area contributed by atoms with Crippen LogP contribution in [0.15, 0.2) is 48.6 Å². The van der Waals surface area contributed by atoms with E-state index in [1.807, 2.05) is 27.2 Å². The highest BCUT2D eigenvalue weighted by molar-refractivity contribution is 7.47. The first-order valence-corrected chi connectivity index (χ1v) is 26.5. The highest BCUT2D eigenvalue weighted by Gasteiger charge is 2.27. The molecular formula is C51H98N2O6P+. The van der Waals surface area contributed by atoms with E-state index < -0.39 is 20.0 Å². The number of aliphatic hydroxyl groups is 1. The van der Waals surface area contributed by atoms with Gasteiger partial charge in [-0.15, -0.1) is 0 Å². The van der Waals surface area contributed by atoms with Gasteiger partial charge in [-0.3, -0.25) is 13.8 Å². The predicted octanol–water partition coefficient (Wildman–Crippen LogP) is 14.4. The molecular weight excluding hydrogens is 768 g/mol. The van der Waals surface area contributed by atoms with Crippen molar-refractivity contribution in [1.29, 1.82) is 0 Å². The van der Waals surface area contributed by atoms with Gasteiger partial charge in [0, 0.05) is 6.42 Å². The summed E-state index contributed by atoms with van der Waals surface area (Å²) in [5.41, 5.74) is 0. The second-order valence-corrected chi connectivity index (χ2v) is 19.6. The van der Waals surface area contributed by atoms with E-state index in [2.05, 4.69) is 55.6 Å². The zero-order valence-electron chi connectivity index (χ0n) is 39.9. The van der Waals surface area contributed by atoms with Crippen molar-refractivity contribution in [2.24, 2.45) is 0 Å². The fraction of sp³-hybridized carbons (Fsp3) is 0.824. The number of phosphoric ester groups is 1. The minimum Gasteiger partial charge on any atom is -0.387 e. The van der Waals surface area contributed by atoms with E-state index in [4.69, 9.17) is 9.05 Å². The van der Waals surface area contributed by atoms with Crippen molar-refractivity contribution in [2.45, 2.75) is 231 Å². The lowest BCUT2D eigenvalue weighted by Gasteiger charge is -2.25. The quantitative estimate of drug-likeness (QED) is 0.0244. The number of carbonyl (C=O) groups is 1. The first kappa shape index (κ1) is 58.5. The summed E-state index contributed by atoms with van der Waals surface area (Å²) in [5.74, 6) is -0.195. The number of aliphatic hydroxyl groups excluding tert-OH is 1. The van der Waals surface area contributed by atoms with Gasteiger partial charge in [0.15, 0.2) is 0 Å². The Morgan fingerprint density at radius 3 is 1.35 bits per heavy atom. The third-order valence-electron chi connectivity index (χ3n) is 11.0. The van der Waals surface area contributed by atoms with Gasteiger partial charge in [0.05, 0.1) is 39.9 Å². The van der Waals surface area contributed by atoms with E-state index in [1.165, 1.54) is 154 Å². The van der Waals surface area contributed by atoms with E-state index in [0.29, 0.717) is 17.4 Å². The maximum Gasteiger partial charge on any atom is 0.472 e. The Labute approximate surface area is 371 Å². The average Bonchev–Trinajstić information content (AvgIpc) is 3.20. The molecule has 0 aromatic carbocycles. The van der Waals surface area contributed by atoms with Crippen molar-refractivity contribution >= 4 is 13.7 Å². The van der Waals surface area contributed by atoms with Crippen molar-refractivity contribution in [2.75, 3.05) is 40.9 Å². The van der Waals surface area contributed by atoms with E-state index >= 15 is 0 Å². The van der Waals surface area contributed by atoms with Crippen molar-refractivity contribution < 1.29 is 32.9 Å². The SMILES string of the molecule is CCCCCC/C=C/CC/C=C/CC/C=C/C(O)C(COP(=O)(O)OCC[N+](C)(C)C)NC(=O)CCCCCCCCCC/C=C\CCCCCCCCCCCCCC. The molecule has 1 amide bonds. The smallest absolute Gasteiger partial charge is 0.387 e. The fourth-order valence-corrected chi connectivity index (χ4v) is 7.74. The van der Waals surface area contributed by atoms with Gasteiger partial charge in [0.2, 0.25) is 5.91 Å². The largest absolute Gasteiger partial charge is 0.472 e. The van der Waals surface area contributed by atoms with Gasteiger partial charge in [-0.2, -0.15) is 0 Å². The molecule has 0 saturated carbocycles. The second kappa shape index (κ2) is 42.7. The van der Waals surface area contributed by atoms with Gasteiger partial charge >= 0.3 is 7.82 Å². The lowest BCUT2D eigenvalue weighted by molar-refractivity contribution is -0.870. The van der Waals surface area contributed by atoms with Gasteiger partial charge in [-0.05, 0) is 70.6 Å². The number of quaternary nitrogens is 1. The molecule has 0 aromatic heterocycles. The van der Waals surface area contributed by atoms with Crippen LogP contribution < -0.4 is 5.32 Å². The molecule has 0 aliphatic heterocycles. The van der Waals surface area contributed by atoms with Crippen LogP contribution >= 0.6 is 7.82 Å². The van der Waals surface area contributed by atoms with Crippen LogP contribution in [0.1, 0.15) is 219 Å². The van der Waals surface area contributed by atoms with Gasteiger partial charge in [-0.25, -0.2) is 4.57 Å². The predicted molar refractivity (Wildman–Crippen MR) is 258 cm³/mol. The van der Waals surface area contributed by atoms with E-state index in [0.717, 1.165) is 44.9 Å². The van der Waals surface area contributed by atoms with Crippen LogP contribution in [-0.2, 0) is 18.4 Å². The Hall–Kier alpha value is -1.54. The molecule has 3 N–H and O–H groups in total. The van der Waals surface area contributed by atoms with Crippen molar-refractivity contribution in [3.63, 3.8) is 0 Å². The summed E-state index contributed by atoms with van der Waals surface area (Å²) in [7, 11) is 1.54. The lowest BCUT2D eigenvalue weighted by atomic mass is 10.0. The zero-order valence-corrected chi connectivity index (χ0v) is 40.8. The van der Waals surface area contributed by atoms with Crippen LogP contribution in [0.4, 0.5) is 0 Å². The summed E-state index contributed by atoms with van der Waals surface area (Å²) in [6, 6.07) is -0.871. The number of unbranched alkanes of at least 4 members (excludes halogenated alkanes) is 26. The number of likely N-dealkylation sites (N-methyl/N-ethyl adjacent to an activating group) is 1. The summed E-state index contributed by atoms with van der Waals surface area (Å²) >= 11 is 0. The summed E-state index contributed by atoms with van der Waals surface area (Å²) in [5, 5.41) is 13.8. The number of carbonyl (C=O) groups excluding carboxylic acids is 1. The van der Waals surface area contributed by atoms with E-state index in [9.17, 15) is 19.4 Å². The van der Waals surface area contributed by atoms with Crippen molar-refractivity contribution in [3.8, 4) is 0 Å². The average molecular weight is 866 g/mol. The number of nitrogens with zero attached hydrogens (tertiary/aromatic N) is 1. The molecule has 60 heavy (non-hydrogen) atoms. The normalized spacial score (nSPS) is 14.6. The summed E-state index contributed by atoms with van der Waals surface area (Å²) in [6.07, 6.45) is 54.8. The number of allylic oxidation sites excluding steroid dienone is 7. The first-order chi connectivity index (χ1) is 29.0. The summed E-state index contributed by atoms with van der Waals surface area (Å²) in [6.45, 7) is 4.77. The number of hydrogen-bond donors (Lipinski definition) is 3. The van der Waals surface area contributed by atoms with Crippen LogP contribution in [0.3, 0.4) is 0 Å². The molecule has 0 bridgehead atoms. The highest BCUT2D eigenvalue weighted by Crippen LogP contribution is 2.43. The Morgan fingerprint density at radius 2 is 0.917 bits per heavy atom. The van der Waals surface area contributed by atoms with Crippen LogP contribution in [0.5, 0.6) is 0 Å². The van der Waals surface area contributed by atoms with Gasteiger partial charge in [0.25, 0.3) is 0 Å².